The largest absolute Gasteiger partial charge is 0.484 e. The van der Waals surface area contributed by atoms with E-state index < -0.39 is 10.0 Å². The second-order valence-corrected chi connectivity index (χ2v) is 7.75. The lowest BCUT2D eigenvalue weighted by atomic mass is 10.3. The maximum atomic E-state index is 12.0. The molecule has 0 unspecified atom stereocenters. The fourth-order valence-electron chi connectivity index (χ4n) is 2.20. The number of hydrogen-bond donors (Lipinski definition) is 2. The van der Waals surface area contributed by atoms with Crippen molar-refractivity contribution in [3.05, 3.63) is 43.0 Å². The number of amides is 1. The van der Waals surface area contributed by atoms with Crippen LogP contribution in [0, 0.1) is 0 Å². The quantitative estimate of drug-likeness (QED) is 0.602. The summed E-state index contributed by atoms with van der Waals surface area (Å²) in [5.74, 6) is 0.205. The number of aromatic nitrogens is 2. The number of benzene rings is 1. The maximum Gasteiger partial charge on any atom is 0.257 e. The predicted octanol–water partition coefficient (Wildman–Crippen LogP) is 1.16. The van der Waals surface area contributed by atoms with Crippen LogP contribution in [0.2, 0.25) is 0 Å². The summed E-state index contributed by atoms with van der Waals surface area (Å²) in [7, 11) is -3.53. The maximum absolute atomic E-state index is 12.0. The van der Waals surface area contributed by atoms with Gasteiger partial charge in [-0.1, -0.05) is 0 Å². The number of imidazole rings is 1. The van der Waals surface area contributed by atoms with Gasteiger partial charge in [-0.15, -0.1) is 0 Å². The number of rotatable bonds is 10. The number of hydrogen-bond acceptors (Lipinski definition) is 5. The SMILES string of the molecule is CC(C)NS(=O)(=O)c1ccc(OCC(=O)NCCCn2ccnc2)cc1. The monoisotopic (exact) mass is 380 g/mol. The summed E-state index contributed by atoms with van der Waals surface area (Å²) in [6, 6.07) is 5.77. The highest BCUT2D eigenvalue weighted by atomic mass is 32.2. The van der Waals surface area contributed by atoms with Gasteiger partial charge in [0.2, 0.25) is 10.0 Å². The lowest BCUT2D eigenvalue weighted by Crippen LogP contribution is -2.30. The molecule has 0 bridgehead atoms. The molecule has 0 aliphatic rings. The van der Waals surface area contributed by atoms with Crippen molar-refractivity contribution in [2.75, 3.05) is 13.2 Å². The highest BCUT2D eigenvalue weighted by Crippen LogP contribution is 2.16. The fourth-order valence-corrected chi connectivity index (χ4v) is 3.45. The van der Waals surface area contributed by atoms with E-state index in [0.717, 1.165) is 13.0 Å². The Balaban J connectivity index is 1.72. The van der Waals surface area contributed by atoms with Gasteiger partial charge in [-0.05, 0) is 44.5 Å². The van der Waals surface area contributed by atoms with Crippen LogP contribution in [0.25, 0.3) is 0 Å². The van der Waals surface area contributed by atoms with E-state index in [4.69, 9.17) is 4.74 Å². The molecule has 26 heavy (non-hydrogen) atoms. The summed E-state index contributed by atoms with van der Waals surface area (Å²) >= 11 is 0. The van der Waals surface area contributed by atoms with Gasteiger partial charge in [0.15, 0.2) is 6.61 Å². The summed E-state index contributed by atoms with van der Waals surface area (Å²) in [4.78, 5) is 15.9. The Bertz CT molecular complexity index is 787. The smallest absolute Gasteiger partial charge is 0.257 e. The normalized spacial score (nSPS) is 11.5. The van der Waals surface area contributed by atoms with E-state index >= 15 is 0 Å². The molecule has 8 nitrogen and oxygen atoms in total. The standard InChI is InChI=1S/C17H24N4O4S/c1-14(2)20-26(23,24)16-6-4-15(5-7-16)25-12-17(22)19-8-3-10-21-11-9-18-13-21/h4-7,9,11,13-14,20H,3,8,10,12H2,1-2H3,(H,19,22). The van der Waals surface area contributed by atoms with Gasteiger partial charge in [-0.2, -0.15) is 0 Å². The lowest BCUT2D eigenvalue weighted by Gasteiger charge is -2.11. The Morgan fingerprint density at radius 2 is 2.00 bits per heavy atom. The molecular weight excluding hydrogens is 356 g/mol. The molecule has 1 aromatic heterocycles. The molecule has 1 heterocycles. The van der Waals surface area contributed by atoms with Crippen LogP contribution in [-0.4, -0.2) is 43.1 Å². The topological polar surface area (TPSA) is 102 Å². The second-order valence-electron chi connectivity index (χ2n) is 6.04. The average Bonchev–Trinajstić information content (AvgIpc) is 3.09. The number of aryl methyl sites for hydroxylation is 1. The Hall–Kier alpha value is -2.39. The van der Waals surface area contributed by atoms with Gasteiger partial charge in [0, 0.05) is 31.5 Å². The van der Waals surface area contributed by atoms with E-state index in [0.29, 0.717) is 12.3 Å². The molecule has 142 valence electrons. The van der Waals surface area contributed by atoms with Gasteiger partial charge in [0.05, 0.1) is 11.2 Å². The summed E-state index contributed by atoms with van der Waals surface area (Å²) < 4.78 is 33.9. The predicted molar refractivity (Wildman–Crippen MR) is 97.2 cm³/mol. The van der Waals surface area contributed by atoms with Crippen LogP contribution in [0.1, 0.15) is 20.3 Å². The Kier molecular flexibility index (Phi) is 7.16. The number of sulfonamides is 1. The Morgan fingerprint density at radius 1 is 1.27 bits per heavy atom. The molecule has 2 rings (SSSR count). The van der Waals surface area contributed by atoms with Crippen molar-refractivity contribution in [1.82, 2.24) is 19.6 Å². The molecule has 1 aromatic carbocycles. The molecule has 0 radical (unpaired) electrons. The lowest BCUT2D eigenvalue weighted by molar-refractivity contribution is -0.123. The third-order valence-electron chi connectivity index (χ3n) is 3.37. The van der Waals surface area contributed by atoms with Crippen LogP contribution < -0.4 is 14.8 Å². The second kappa shape index (κ2) is 9.35. The van der Waals surface area contributed by atoms with Crippen molar-refractivity contribution < 1.29 is 17.9 Å². The van der Waals surface area contributed by atoms with E-state index in [1.165, 1.54) is 24.3 Å². The van der Waals surface area contributed by atoms with Crippen molar-refractivity contribution in [3.63, 3.8) is 0 Å². The van der Waals surface area contributed by atoms with Gasteiger partial charge >= 0.3 is 0 Å². The minimum absolute atomic E-state index is 0.124. The van der Waals surface area contributed by atoms with Crippen LogP contribution in [0.3, 0.4) is 0 Å². The Labute approximate surface area is 153 Å². The van der Waals surface area contributed by atoms with Crippen molar-refractivity contribution in [3.8, 4) is 5.75 Å². The molecule has 0 saturated heterocycles. The minimum atomic E-state index is -3.53. The van der Waals surface area contributed by atoms with Crippen LogP contribution in [0.5, 0.6) is 5.75 Å². The van der Waals surface area contributed by atoms with E-state index in [9.17, 15) is 13.2 Å². The molecule has 2 N–H and O–H groups in total. The number of carbonyl (C=O) groups excluding carboxylic acids is 1. The van der Waals surface area contributed by atoms with Crippen molar-refractivity contribution in [1.29, 1.82) is 0 Å². The van der Waals surface area contributed by atoms with E-state index in [1.807, 2.05) is 10.8 Å². The molecule has 9 heteroatoms. The van der Waals surface area contributed by atoms with Gasteiger partial charge in [-0.3, -0.25) is 4.79 Å². The van der Waals surface area contributed by atoms with E-state index in [-0.39, 0.29) is 23.5 Å². The fraction of sp³-hybridized carbons (Fsp3) is 0.412. The van der Waals surface area contributed by atoms with Gasteiger partial charge in [-0.25, -0.2) is 18.1 Å². The highest BCUT2D eigenvalue weighted by molar-refractivity contribution is 7.89. The molecule has 2 aromatic rings. The molecule has 0 fully saturated rings. The van der Waals surface area contributed by atoms with Crippen LogP contribution >= 0.6 is 0 Å². The first-order valence-electron chi connectivity index (χ1n) is 8.34. The third kappa shape index (κ3) is 6.49. The molecule has 0 saturated carbocycles. The van der Waals surface area contributed by atoms with E-state index in [2.05, 4.69) is 15.0 Å². The van der Waals surface area contributed by atoms with Crippen molar-refractivity contribution in [2.45, 2.75) is 37.8 Å². The molecular formula is C17H24N4O4S. The molecule has 0 atom stereocenters. The molecule has 0 spiro atoms. The number of nitrogens with one attached hydrogen (secondary N) is 2. The van der Waals surface area contributed by atoms with Gasteiger partial charge < -0.3 is 14.6 Å². The minimum Gasteiger partial charge on any atom is -0.484 e. The van der Waals surface area contributed by atoms with Crippen molar-refractivity contribution in [2.24, 2.45) is 0 Å². The molecule has 0 aliphatic carbocycles. The summed E-state index contributed by atoms with van der Waals surface area (Å²) in [5.41, 5.74) is 0. The summed E-state index contributed by atoms with van der Waals surface area (Å²) in [6.07, 6.45) is 6.09. The van der Waals surface area contributed by atoms with Gasteiger partial charge in [0.25, 0.3) is 5.91 Å². The first-order chi connectivity index (χ1) is 12.4. The van der Waals surface area contributed by atoms with Crippen LogP contribution in [-0.2, 0) is 21.4 Å². The summed E-state index contributed by atoms with van der Waals surface area (Å²) in [5, 5.41) is 2.77. The molecule has 0 aliphatic heterocycles. The number of ether oxygens (including phenoxy) is 1. The number of carbonyl (C=O) groups is 1. The third-order valence-corrected chi connectivity index (χ3v) is 5.04. The average molecular weight is 380 g/mol. The highest BCUT2D eigenvalue weighted by Gasteiger charge is 2.15. The van der Waals surface area contributed by atoms with Gasteiger partial charge in [0.1, 0.15) is 5.75 Å². The Morgan fingerprint density at radius 3 is 2.62 bits per heavy atom. The van der Waals surface area contributed by atoms with Crippen LogP contribution in [0.4, 0.5) is 0 Å². The zero-order valence-electron chi connectivity index (χ0n) is 14.9. The first kappa shape index (κ1) is 19.9. The molecule has 1 amide bonds. The first-order valence-corrected chi connectivity index (χ1v) is 9.83. The number of nitrogens with zero attached hydrogens (tertiary/aromatic N) is 2. The zero-order valence-corrected chi connectivity index (χ0v) is 15.7. The summed E-state index contributed by atoms with van der Waals surface area (Å²) in [6.45, 7) is 4.70. The van der Waals surface area contributed by atoms with E-state index in [1.54, 1.807) is 26.4 Å². The van der Waals surface area contributed by atoms with Crippen LogP contribution in [0.15, 0.2) is 47.9 Å². The van der Waals surface area contributed by atoms with Crippen molar-refractivity contribution >= 4 is 15.9 Å². The zero-order chi connectivity index (χ0) is 19.0.